The molecule has 2 N–H and O–H groups in total. The van der Waals surface area contributed by atoms with Crippen LogP contribution in [0.4, 0.5) is 19.0 Å². The first-order chi connectivity index (χ1) is 13.7. The monoisotopic (exact) mass is 462 g/mol. The number of nitrogens with zero attached hydrogens (tertiary/aromatic N) is 1. The van der Waals surface area contributed by atoms with Crippen molar-refractivity contribution in [3.63, 3.8) is 0 Å². The summed E-state index contributed by atoms with van der Waals surface area (Å²) in [6.45, 7) is 30.9. The minimum Gasteiger partial charge on any atom is -0.384 e. The molecule has 0 amide bonds. The van der Waals surface area contributed by atoms with Crippen LogP contribution in [0, 0.1) is 23.2 Å². The van der Waals surface area contributed by atoms with Crippen molar-refractivity contribution in [2.45, 2.75) is 128 Å². The molecule has 0 spiro atoms. The summed E-state index contributed by atoms with van der Waals surface area (Å²) < 4.78 is 34.7. The minimum absolute atomic E-state index is 0.158. The van der Waals surface area contributed by atoms with Gasteiger partial charge in [-0.15, -0.1) is 0 Å². The minimum atomic E-state index is -4.02. The highest BCUT2D eigenvalue weighted by Gasteiger charge is 2.33. The Labute approximate surface area is 198 Å². The number of nitrogen functional groups attached to an aromatic ring is 1. The normalized spacial score (nSPS) is 12.4. The third-order valence-electron chi connectivity index (χ3n) is 3.71. The molecule has 0 aliphatic heterocycles. The van der Waals surface area contributed by atoms with Gasteiger partial charge >= 0.3 is 6.18 Å². The summed E-state index contributed by atoms with van der Waals surface area (Å²) in [7, 11) is 0. The average molecular weight is 463 g/mol. The van der Waals surface area contributed by atoms with Crippen molar-refractivity contribution >= 4 is 5.82 Å². The van der Waals surface area contributed by atoms with Crippen LogP contribution in [0.3, 0.4) is 0 Å². The molecule has 2 nitrogen and oxygen atoms in total. The van der Waals surface area contributed by atoms with Crippen molar-refractivity contribution < 1.29 is 13.2 Å². The molecular weight excluding hydrogens is 409 g/mol. The van der Waals surface area contributed by atoms with Crippen LogP contribution < -0.4 is 5.73 Å². The summed E-state index contributed by atoms with van der Waals surface area (Å²) in [6, 6.07) is 3.91. The highest BCUT2D eigenvalue weighted by molar-refractivity contribution is 5.36. The zero-order valence-electron chi connectivity index (χ0n) is 23.7. The topological polar surface area (TPSA) is 38.9 Å². The van der Waals surface area contributed by atoms with Crippen LogP contribution in [0.5, 0.6) is 0 Å². The standard InChI is InChI=1S/C10H16N2.C6H11F3.C6H14.C5H12/c1-7-8(10(2,3)4)5-6-9(11)12-7;1-5(2,3)4-6(7,8)9;1-5-6(2,3)4;1-5(2,3)4/h5-6H,1-4H3,(H2,11,12);4H2,1-3H3;5H2,1-4H3;1-4H3. The first-order valence-electron chi connectivity index (χ1n) is 11.5. The van der Waals surface area contributed by atoms with E-state index in [4.69, 9.17) is 5.73 Å². The predicted octanol–water partition coefficient (Wildman–Crippen LogP) is 9.75. The summed E-state index contributed by atoms with van der Waals surface area (Å²) >= 11 is 0. The highest BCUT2D eigenvalue weighted by Crippen LogP contribution is 2.32. The van der Waals surface area contributed by atoms with Gasteiger partial charge in [-0.25, -0.2) is 4.98 Å². The third-order valence-corrected chi connectivity index (χ3v) is 3.71. The van der Waals surface area contributed by atoms with Gasteiger partial charge in [0.1, 0.15) is 5.82 Å². The molecule has 0 saturated carbocycles. The number of pyridine rings is 1. The van der Waals surface area contributed by atoms with Crippen LogP contribution >= 0.6 is 0 Å². The van der Waals surface area contributed by atoms with Gasteiger partial charge in [0.25, 0.3) is 0 Å². The molecule has 192 valence electrons. The fraction of sp³-hybridized carbons (Fsp3) is 0.815. The van der Waals surface area contributed by atoms with E-state index in [0.717, 1.165) is 5.69 Å². The molecule has 0 unspecified atom stereocenters. The van der Waals surface area contributed by atoms with E-state index in [-0.39, 0.29) is 5.41 Å². The predicted molar refractivity (Wildman–Crippen MR) is 137 cm³/mol. The number of halogens is 3. The molecule has 0 radical (unpaired) electrons. The van der Waals surface area contributed by atoms with E-state index >= 15 is 0 Å². The second kappa shape index (κ2) is 13.4. The number of aromatic nitrogens is 1. The highest BCUT2D eigenvalue weighted by atomic mass is 19.4. The fourth-order valence-electron chi connectivity index (χ4n) is 1.97. The SMILES string of the molecule is CC(C)(C)C.CC(C)(C)CC(F)(F)F.CCC(C)(C)C.Cc1nc(N)ccc1C(C)(C)C. The zero-order valence-corrected chi connectivity index (χ0v) is 23.7. The van der Waals surface area contributed by atoms with Gasteiger partial charge in [0.05, 0.1) is 0 Å². The Balaban J connectivity index is -0.000000374. The van der Waals surface area contributed by atoms with Crippen molar-refractivity contribution in [1.82, 2.24) is 4.98 Å². The molecule has 0 bridgehead atoms. The second-order valence-corrected chi connectivity index (χ2v) is 13.4. The molecule has 5 heteroatoms. The van der Waals surface area contributed by atoms with Gasteiger partial charge in [-0.2, -0.15) is 13.2 Å². The maximum Gasteiger partial charge on any atom is 0.389 e. The Kier molecular flexibility index (Phi) is 14.8. The molecule has 1 rings (SSSR count). The van der Waals surface area contributed by atoms with E-state index in [1.807, 2.05) is 13.0 Å². The first kappa shape index (κ1) is 35.3. The Bertz CT molecular complexity index is 603. The summed E-state index contributed by atoms with van der Waals surface area (Å²) in [5, 5.41) is 0. The van der Waals surface area contributed by atoms with Gasteiger partial charge in [-0.3, -0.25) is 0 Å². The number of anilines is 1. The molecule has 0 atom stereocenters. The Morgan fingerprint density at radius 2 is 1.09 bits per heavy atom. The van der Waals surface area contributed by atoms with Crippen LogP contribution in [0.1, 0.15) is 121 Å². The number of rotatable bonds is 0. The summed E-state index contributed by atoms with van der Waals surface area (Å²) in [5.41, 5.74) is 8.41. The van der Waals surface area contributed by atoms with E-state index in [1.54, 1.807) is 20.8 Å². The molecule has 1 aromatic rings. The van der Waals surface area contributed by atoms with E-state index in [1.165, 1.54) is 12.0 Å². The van der Waals surface area contributed by atoms with E-state index in [0.29, 0.717) is 16.6 Å². The average Bonchev–Trinajstić information content (AvgIpc) is 2.40. The van der Waals surface area contributed by atoms with Crippen LogP contribution in [-0.2, 0) is 5.41 Å². The van der Waals surface area contributed by atoms with E-state index in [9.17, 15) is 13.2 Å². The van der Waals surface area contributed by atoms with Gasteiger partial charge < -0.3 is 5.73 Å². The molecule has 0 aliphatic carbocycles. The first-order valence-corrected chi connectivity index (χ1v) is 11.5. The van der Waals surface area contributed by atoms with Crippen LogP contribution in [0.15, 0.2) is 12.1 Å². The molecule has 0 aromatic carbocycles. The molecule has 0 saturated heterocycles. The maximum absolute atomic E-state index is 11.6. The number of nitrogens with two attached hydrogens (primary N) is 1. The molecule has 1 heterocycles. The van der Waals surface area contributed by atoms with Gasteiger partial charge in [0.2, 0.25) is 0 Å². The molecule has 0 fully saturated rings. The van der Waals surface area contributed by atoms with Crippen molar-refractivity contribution in [1.29, 1.82) is 0 Å². The molecule has 32 heavy (non-hydrogen) atoms. The lowest BCUT2D eigenvalue weighted by Crippen LogP contribution is -2.18. The van der Waals surface area contributed by atoms with Crippen molar-refractivity contribution in [2.24, 2.45) is 16.2 Å². The quantitative estimate of drug-likeness (QED) is 0.416. The van der Waals surface area contributed by atoms with Gasteiger partial charge in [-0.1, -0.05) is 109 Å². The van der Waals surface area contributed by atoms with Crippen LogP contribution in [0.2, 0.25) is 0 Å². The smallest absolute Gasteiger partial charge is 0.384 e. The maximum atomic E-state index is 11.6. The van der Waals surface area contributed by atoms with Crippen molar-refractivity contribution in [2.75, 3.05) is 5.73 Å². The lowest BCUT2D eigenvalue weighted by atomic mass is 9.86. The van der Waals surface area contributed by atoms with E-state index in [2.05, 4.69) is 87.2 Å². The second-order valence-electron chi connectivity index (χ2n) is 13.4. The number of aryl methyl sites for hydroxylation is 1. The Morgan fingerprint density at radius 1 is 0.750 bits per heavy atom. The number of hydrogen-bond donors (Lipinski definition) is 1. The largest absolute Gasteiger partial charge is 0.389 e. The zero-order chi connectivity index (χ0) is 26.8. The van der Waals surface area contributed by atoms with Crippen LogP contribution in [-0.4, -0.2) is 11.2 Å². The van der Waals surface area contributed by atoms with Crippen molar-refractivity contribution in [3.05, 3.63) is 23.4 Å². The van der Waals surface area contributed by atoms with Crippen LogP contribution in [0.25, 0.3) is 0 Å². The Morgan fingerprint density at radius 3 is 1.25 bits per heavy atom. The van der Waals surface area contributed by atoms with Gasteiger partial charge in [0.15, 0.2) is 0 Å². The van der Waals surface area contributed by atoms with Gasteiger partial charge in [-0.05, 0) is 40.2 Å². The lowest BCUT2D eigenvalue weighted by Gasteiger charge is -2.20. The van der Waals surface area contributed by atoms with E-state index < -0.39 is 18.0 Å². The van der Waals surface area contributed by atoms with Gasteiger partial charge in [0, 0.05) is 12.1 Å². The number of alkyl halides is 3. The van der Waals surface area contributed by atoms with Crippen molar-refractivity contribution in [3.8, 4) is 0 Å². The molecule has 0 aliphatic rings. The molecule has 1 aromatic heterocycles. The third kappa shape index (κ3) is 30.9. The summed E-state index contributed by atoms with van der Waals surface area (Å²) in [6.07, 6.45) is -3.45. The molecular formula is C27H53F3N2. The Hall–Kier alpha value is -1.26. The fourth-order valence-corrected chi connectivity index (χ4v) is 1.97. The number of hydrogen-bond acceptors (Lipinski definition) is 2. The summed E-state index contributed by atoms with van der Waals surface area (Å²) in [4.78, 5) is 4.22. The summed E-state index contributed by atoms with van der Waals surface area (Å²) in [5.74, 6) is 0.598. The lowest BCUT2D eigenvalue weighted by molar-refractivity contribution is -0.152.